The van der Waals surface area contributed by atoms with Crippen LogP contribution in [0.1, 0.15) is 32.3 Å². The van der Waals surface area contributed by atoms with Crippen molar-refractivity contribution in [2.24, 2.45) is 0 Å². The number of benzene rings is 2. The van der Waals surface area contributed by atoms with Crippen molar-refractivity contribution in [3.8, 4) is 0 Å². The zero-order valence-electron chi connectivity index (χ0n) is 14.1. The van der Waals surface area contributed by atoms with Crippen LogP contribution in [0, 0.1) is 6.92 Å². The largest absolute Gasteiger partial charge is 0.223 e. The van der Waals surface area contributed by atoms with Crippen molar-refractivity contribution in [2.45, 2.75) is 43.4 Å². The van der Waals surface area contributed by atoms with E-state index in [0.29, 0.717) is 23.3 Å². The summed E-state index contributed by atoms with van der Waals surface area (Å²) in [4.78, 5) is -0.838. The Kier molecular flexibility index (Phi) is 4.17. The van der Waals surface area contributed by atoms with Crippen LogP contribution in [0.25, 0.3) is 11.0 Å². The summed E-state index contributed by atoms with van der Waals surface area (Å²) in [6.45, 7) is 5.70. The average molecular weight is 343 g/mol. The third-order valence-corrected chi connectivity index (χ3v) is 7.32. The van der Waals surface area contributed by atoms with Crippen LogP contribution in [0.5, 0.6) is 0 Å². The third kappa shape index (κ3) is 2.33. The summed E-state index contributed by atoms with van der Waals surface area (Å²) in [5, 5.41) is 8.36. The maximum absolute atomic E-state index is 13.5. The predicted octanol–water partition coefficient (Wildman–Crippen LogP) is 3.69. The minimum atomic E-state index is -3.63. The van der Waals surface area contributed by atoms with Crippen molar-refractivity contribution < 1.29 is 8.42 Å². The second-order valence-electron chi connectivity index (χ2n) is 5.96. The lowest BCUT2D eigenvalue weighted by atomic mass is 10.1. The van der Waals surface area contributed by atoms with Crippen molar-refractivity contribution in [3.05, 3.63) is 54.1 Å². The van der Waals surface area contributed by atoms with Crippen molar-refractivity contribution in [2.75, 3.05) is 0 Å². The van der Waals surface area contributed by atoms with E-state index in [2.05, 4.69) is 10.3 Å². The lowest BCUT2D eigenvalue weighted by molar-refractivity contribution is 0.346. The molecule has 0 fully saturated rings. The molecule has 0 aliphatic heterocycles. The van der Waals surface area contributed by atoms with Gasteiger partial charge >= 0.3 is 0 Å². The third-order valence-electron chi connectivity index (χ3n) is 4.67. The molecule has 3 aromatic rings. The topological polar surface area (TPSA) is 64.8 Å². The molecule has 0 saturated heterocycles. The highest BCUT2D eigenvalue weighted by Crippen LogP contribution is 2.38. The summed E-state index contributed by atoms with van der Waals surface area (Å²) < 4.78 is 28.5. The Labute approximate surface area is 142 Å². The van der Waals surface area contributed by atoms with Crippen molar-refractivity contribution >= 4 is 20.9 Å². The number of aryl methyl sites for hydroxylation is 1. The molecule has 0 radical (unpaired) electrons. The summed E-state index contributed by atoms with van der Waals surface area (Å²) in [6, 6.07) is 14.4. The molecule has 1 aromatic heterocycles. The average Bonchev–Trinajstić information content (AvgIpc) is 3.01. The van der Waals surface area contributed by atoms with Crippen LogP contribution in [0.4, 0.5) is 0 Å². The molecule has 0 saturated carbocycles. The van der Waals surface area contributed by atoms with E-state index in [1.165, 1.54) is 0 Å². The van der Waals surface area contributed by atoms with Crippen LogP contribution >= 0.6 is 0 Å². The number of hydrogen-bond donors (Lipinski definition) is 0. The zero-order chi connectivity index (χ0) is 17.4. The molecule has 0 amide bonds. The van der Waals surface area contributed by atoms with E-state index in [9.17, 15) is 8.42 Å². The molecule has 3 rings (SSSR count). The van der Waals surface area contributed by atoms with Crippen molar-refractivity contribution in [3.63, 3.8) is 0 Å². The van der Waals surface area contributed by atoms with Gasteiger partial charge < -0.3 is 0 Å². The van der Waals surface area contributed by atoms with Gasteiger partial charge in [-0.15, -0.1) is 5.10 Å². The molecule has 126 valence electrons. The smallest absolute Gasteiger partial charge is 0.204 e. The fourth-order valence-electron chi connectivity index (χ4n) is 3.15. The minimum absolute atomic E-state index is 0.316. The van der Waals surface area contributed by atoms with Gasteiger partial charge in [0.15, 0.2) is 4.87 Å². The maximum Gasteiger partial charge on any atom is 0.204 e. The lowest BCUT2D eigenvalue weighted by Gasteiger charge is -2.32. The summed E-state index contributed by atoms with van der Waals surface area (Å²) in [5.41, 5.74) is 2.46. The highest BCUT2D eigenvalue weighted by Gasteiger charge is 2.45. The first-order valence-corrected chi connectivity index (χ1v) is 9.57. The Morgan fingerprint density at radius 3 is 2.25 bits per heavy atom. The van der Waals surface area contributed by atoms with E-state index in [4.69, 9.17) is 0 Å². The molecule has 0 bridgehead atoms. The number of nitrogens with zero attached hydrogens (tertiary/aromatic N) is 3. The van der Waals surface area contributed by atoms with Crippen LogP contribution in [-0.2, 0) is 14.7 Å². The Morgan fingerprint density at radius 2 is 1.62 bits per heavy atom. The summed E-state index contributed by atoms with van der Waals surface area (Å²) in [5.74, 6) is 0. The predicted molar refractivity (Wildman–Crippen MR) is 94.4 cm³/mol. The lowest BCUT2D eigenvalue weighted by Crippen LogP contribution is -2.41. The number of sulfone groups is 1. The van der Waals surface area contributed by atoms with Crippen LogP contribution in [0.3, 0.4) is 0 Å². The number of fused-ring (bicyclic) bond motifs is 1. The van der Waals surface area contributed by atoms with Gasteiger partial charge in [0.05, 0.1) is 10.4 Å². The monoisotopic (exact) mass is 343 g/mol. The Bertz CT molecular complexity index is 955. The Morgan fingerprint density at radius 1 is 1.00 bits per heavy atom. The minimum Gasteiger partial charge on any atom is -0.223 e. The molecule has 0 N–H and O–H groups in total. The molecule has 0 unspecified atom stereocenters. The van der Waals surface area contributed by atoms with Crippen molar-refractivity contribution in [1.29, 1.82) is 0 Å². The molecule has 6 heteroatoms. The fourth-order valence-corrected chi connectivity index (χ4v) is 5.21. The van der Waals surface area contributed by atoms with E-state index in [0.717, 1.165) is 11.1 Å². The maximum atomic E-state index is 13.5. The van der Waals surface area contributed by atoms with E-state index < -0.39 is 14.7 Å². The van der Waals surface area contributed by atoms with E-state index in [1.54, 1.807) is 16.8 Å². The van der Waals surface area contributed by atoms with Gasteiger partial charge in [0.25, 0.3) is 0 Å². The van der Waals surface area contributed by atoms with Gasteiger partial charge in [-0.2, -0.15) is 0 Å². The summed E-state index contributed by atoms with van der Waals surface area (Å²) >= 11 is 0. The molecule has 5 nitrogen and oxygen atoms in total. The van der Waals surface area contributed by atoms with Gasteiger partial charge in [0.1, 0.15) is 5.52 Å². The van der Waals surface area contributed by atoms with Gasteiger partial charge in [0, 0.05) is 0 Å². The number of rotatable bonds is 5. The molecule has 0 aliphatic rings. The van der Waals surface area contributed by atoms with E-state index >= 15 is 0 Å². The summed E-state index contributed by atoms with van der Waals surface area (Å²) in [7, 11) is -3.63. The first-order valence-electron chi connectivity index (χ1n) is 8.08. The highest BCUT2D eigenvalue weighted by atomic mass is 32.2. The SMILES string of the molecule is CCC(CC)(n1nnc2ccccc21)S(=O)(=O)c1ccc(C)cc1. The Balaban J connectivity index is 2.27. The van der Waals surface area contributed by atoms with E-state index in [-0.39, 0.29) is 0 Å². The normalized spacial score (nSPS) is 12.6. The van der Waals surface area contributed by atoms with Crippen LogP contribution < -0.4 is 0 Å². The first kappa shape index (κ1) is 16.6. The van der Waals surface area contributed by atoms with Gasteiger partial charge in [-0.25, -0.2) is 13.1 Å². The number of aromatic nitrogens is 3. The Hall–Kier alpha value is -2.21. The van der Waals surface area contributed by atoms with Gasteiger partial charge in [-0.05, 0) is 44.0 Å². The molecule has 24 heavy (non-hydrogen) atoms. The van der Waals surface area contributed by atoms with Crippen LogP contribution in [0.15, 0.2) is 53.4 Å². The zero-order valence-corrected chi connectivity index (χ0v) is 14.9. The standard InChI is InChI=1S/C18H21N3O2S/c1-4-18(5-2,21-17-9-7-6-8-16(17)19-20-21)24(22,23)15-12-10-14(3)11-13-15/h6-13H,4-5H2,1-3H3. The second-order valence-corrected chi connectivity index (χ2v) is 8.20. The van der Waals surface area contributed by atoms with Crippen LogP contribution in [0.2, 0.25) is 0 Å². The molecule has 0 atom stereocenters. The molecular weight excluding hydrogens is 322 g/mol. The number of para-hydroxylation sites is 1. The molecule has 2 aromatic carbocycles. The first-order chi connectivity index (χ1) is 11.5. The molecular formula is C18H21N3O2S. The van der Waals surface area contributed by atoms with Gasteiger partial charge in [0.2, 0.25) is 9.84 Å². The van der Waals surface area contributed by atoms with Crippen LogP contribution in [-0.4, -0.2) is 23.4 Å². The summed E-state index contributed by atoms with van der Waals surface area (Å²) in [6.07, 6.45) is 0.820. The molecule has 0 spiro atoms. The second kappa shape index (κ2) is 6.02. The fraction of sp³-hybridized carbons (Fsp3) is 0.333. The quantitative estimate of drug-likeness (QED) is 0.709. The van der Waals surface area contributed by atoms with E-state index in [1.807, 2.05) is 57.2 Å². The molecule has 1 heterocycles. The molecule has 0 aliphatic carbocycles. The number of hydrogen-bond acceptors (Lipinski definition) is 4. The highest BCUT2D eigenvalue weighted by molar-refractivity contribution is 7.92. The van der Waals surface area contributed by atoms with Gasteiger partial charge in [-0.3, -0.25) is 0 Å². The van der Waals surface area contributed by atoms with Crippen molar-refractivity contribution in [1.82, 2.24) is 15.0 Å². The van der Waals surface area contributed by atoms with Gasteiger partial charge in [-0.1, -0.05) is 48.9 Å².